The zero-order chi connectivity index (χ0) is 13.4. The molecule has 2 nitrogen and oxygen atoms in total. The van der Waals surface area contributed by atoms with E-state index in [1.807, 2.05) is 0 Å². The fourth-order valence-corrected chi connectivity index (χ4v) is 2.27. The molecule has 7 heteroatoms. The first-order chi connectivity index (χ1) is 8.40. The Kier molecular flexibility index (Phi) is 3.87. The highest BCUT2D eigenvalue weighted by Crippen LogP contribution is 2.28. The molecule has 2 aromatic rings. The Balaban J connectivity index is 2.68. The lowest BCUT2D eigenvalue weighted by atomic mass is 10.3. The normalized spacial score (nSPS) is 13.5. The maximum absolute atomic E-state index is 13.4. The Bertz CT molecular complexity index is 583. The van der Waals surface area contributed by atoms with E-state index in [2.05, 4.69) is 20.9 Å². The van der Waals surface area contributed by atoms with Crippen molar-refractivity contribution in [2.45, 2.75) is 25.3 Å². The third-order valence-electron chi connectivity index (χ3n) is 2.50. The molecule has 98 valence electrons. The molecule has 1 aromatic heterocycles. The van der Waals surface area contributed by atoms with Crippen molar-refractivity contribution < 1.29 is 13.2 Å². The molecular formula is C11H9BrClF3N2. The van der Waals surface area contributed by atoms with Crippen LogP contribution < -0.4 is 0 Å². The average Bonchev–Trinajstić information content (AvgIpc) is 2.57. The predicted molar refractivity (Wildman–Crippen MR) is 67.7 cm³/mol. The number of benzene rings is 1. The largest absolute Gasteiger partial charge is 0.321 e. The summed E-state index contributed by atoms with van der Waals surface area (Å²) in [7, 11) is 0. The molecular weight excluding hydrogens is 332 g/mol. The lowest BCUT2D eigenvalue weighted by molar-refractivity contribution is 0.127. The molecule has 1 aromatic carbocycles. The standard InChI is InChI=1S/C11H9BrClF3N2/c1-5(13)11-17-8-3-7(14)6(12)2-9(8)18(11)4-10(15)16/h2-3,5,10H,4H2,1H3. The first-order valence-corrected chi connectivity index (χ1v) is 6.40. The van der Waals surface area contributed by atoms with Gasteiger partial charge in [-0.05, 0) is 28.9 Å². The van der Waals surface area contributed by atoms with Gasteiger partial charge < -0.3 is 4.57 Å². The molecule has 1 unspecified atom stereocenters. The molecule has 2 rings (SSSR count). The van der Waals surface area contributed by atoms with Gasteiger partial charge in [0.1, 0.15) is 11.6 Å². The fraction of sp³-hybridized carbons (Fsp3) is 0.364. The van der Waals surface area contributed by atoms with Crippen molar-refractivity contribution in [3.63, 3.8) is 0 Å². The van der Waals surface area contributed by atoms with Crippen molar-refractivity contribution in [1.82, 2.24) is 9.55 Å². The van der Waals surface area contributed by atoms with Gasteiger partial charge in [0.25, 0.3) is 6.43 Å². The Hall–Kier alpha value is -0.750. The molecule has 0 bridgehead atoms. The topological polar surface area (TPSA) is 17.8 Å². The molecule has 18 heavy (non-hydrogen) atoms. The predicted octanol–water partition coefficient (Wildman–Crippen LogP) is 4.50. The number of hydrogen-bond donors (Lipinski definition) is 0. The van der Waals surface area contributed by atoms with Crippen molar-refractivity contribution in [2.75, 3.05) is 0 Å². The number of rotatable bonds is 3. The summed E-state index contributed by atoms with van der Waals surface area (Å²) in [5.41, 5.74) is 0.755. The number of halogens is 5. The second-order valence-electron chi connectivity index (χ2n) is 3.84. The molecule has 0 aliphatic carbocycles. The number of aromatic nitrogens is 2. The lowest BCUT2D eigenvalue weighted by Gasteiger charge is -2.09. The zero-order valence-electron chi connectivity index (χ0n) is 9.30. The minimum Gasteiger partial charge on any atom is -0.321 e. The third kappa shape index (κ3) is 2.49. The minimum atomic E-state index is -2.53. The van der Waals surface area contributed by atoms with Gasteiger partial charge in [-0.1, -0.05) is 0 Å². The quantitative estimate of drug-likeness (QED) is 0.752. The summed E-state index contributed by atoms with van der Waals surface area (Å²) in [5, 5.41) is -0.530. The summed E-state index contributed by atoms with van der Waals surface area (Å²) in [4.78, 5) is 4.10. The minimum absolute atomic E-state index is 0.208. The van der Waals surface area contributed by atoms with Crippen LogP contribution in [0.1, 0.15) is 18.1 Å². The monoisotopic (exact) mass is 340 g/mol. The van der Waals surface area contributed by atoms with Gasteiger partial charge in [-0.2, -0.15) is 0 Å². The maximum Gasteiger partial charge on any atom is 0.256 e. The number of fused-ring (bicyclic) bond motifs is 1. The summed E-state index contributed by atoms with van der Waals surface area (Å²) < 4.78 is 40.0. The summed E-state index contributed by atoms with van der Waals surface area (Å²) >= 11 is 8.94. The summed E-state index contributed by atoms with van der Waals surface area (Å²) in [6, 6.07) is 2.63. The van der Waals surface area contributed by atoms with Crippen LogP contribution in [0.15, 0.2) is 16.6 Å². The Morgan fingerprint density at radius 2 is 2.11 bits per heavy atom. The number of nitrogens with zero attached hydrogens (tertiary/aromatic N) is 2. The van der Waals surface area contributed by atoms with E-state index < -0.39 is 24.2 Å². The van der Waals surface area contributed by atoms with Crippen molar-refractivity contribution >= 4 is 38.6 Å². The van der Waals surface area contributed by atoms with E-state index in [1.165, 1.54) is 16.7 Å². The van der Waals surface area contributed by atoms with Crippen molar-refractivity contribution in [1.29, 1.82) is 0 Å². The molecule has 0 saturated heterocycles. The van der Waals surface area contributed by atoms with Gasteiger partial charge in [0.2, 0.25) is 0 Å². The Morgan fingerprint density at radius 3 is 2.67 bits per heavy atom. The van der Waals surface area contributed by atoms with Gasteiger partial charge in [-0.25, -0.2) is 18.2 Å². The molecule has 1 heterocycles. The van der Waals surface area contributed by atoms with Crippen LogP contribution in [0.25, 0.3) is 11.0 Å². The van der Waals surface area contributed by atoms with Crippen LogP contribution in [0, 0.1) is 5.82 Å². The Morgan fingerprint density at radius 1 is 1.44 bits per heavy atom. The van der Waals surface area contributed by atoms with Crippen molar-refractivity contribution in [3.05, 3.63) is 28.2 Å². The summed E-state index contributed by atoms with van der Waals surface area (Å²) in [6.45, 7) is 1.12. The van der Waals surface area contributed by atoms with Crippen LogP contribution in [0.3, 0.4) is 0 Å². The fourth-order valence-electron chi connectivity index (χ4n) is 1.77. The molecule has 0 amide bonds. The summed E-state index contributed by atoms with van der Waals surface area (Å²) in [5.74, 6) is -0.178. The third-order valence-corrected chi connectivity index (χ3v) is 3.30. The van der Waals surface area contributed by atoms with Crippen LogP contribution in [0.2, 0.25) is 0 Å². The van der Waals surface area contributed by atoms with Crippen LogP contribution >= 0.6 is 27.5 Å². The maximum atomic E-state index is 13.4. The second kappa shape index (κ2) is 5.09. The molecule has 0 fully saturated rings. The molecule has 0 radical (unpaired) electrons. The second-order valence-corrected chi connectivity index (χ2v) is 5.35. The van der Waals surface area contributed by atoms with E-state index in [1.54, 1.807) is 6.92 Å². The van der Waals surface area contributed by atoms with Crippen LogP contribution in [0.5, 0.6) is 0 Å². The number of imidazole rings is 1. The van der Waals surface area contributed by atoms with E-state index in [0.717, 1.165) is 0 Å². The molecule has 0 saturated carbocycles. The smallest absolute Gasteiger partial charge is 0.256 e. The van der Waals surface area contributed by atoms with Crippen LogP contribution in [0.4, 0.5) is 13.2 Å². The first-order valence-electron chi connectivity index (χ1n) is 5.17. The molecule has 0 N–H and O–H groups in total. The van der Waals surface area contributed by atoms with Gasteiger partial charge in [-0.15, -0.1) is 11.6 Å². The van der Waals surface area contributed by atoms with Gasteiger partial charge in [0.15, 0.2) is 0 Å². The van der Waals surface area contributed by atoms with E-state index in [4.69, 9.17) is 11.6 Å². The first kappa shape index (κ1) is 13.7. The average molecular weight is 342 g/mol. The number of alkyl halides is 3. The van der Waals surface area contributed by atoms with Crippen molar-refractivity contribution in [3.8, 4) is 0 Å². The van der Waals surface area contributed by atoms with E-state index >= 15 is 0 Å². The molecule has 0 spiro atoms. The SMILES string of the molecule is CC(Cl)c1nc2cc(F)c(Br)cc2n1CC(F)F. The van der Waals surface area contributed by atoms with Gasteiger partial charge in [0, 0.05) is 6.07 Å². The van der Waals surface area contributed by atoms with Crippen LogP contribution in [-0.4, -0.2) is 16.0 Å². The van der Waals surface area contributed by atoms with Crippen molar-refractivity contribution in [2.24, 2.45) is 0 Å². The van der Waals surface area contributed by atoms with Gasteiger partial charge in [-0.3, -0.25) is 0 Å². The highest BCUT2D eigenvalue weighted by atomic mass is 79.9. The highest BCUT2D eigenvalue weighted by molar-refractivity contribution is 9.10. The van der Waals surface area contributed by atoms with Gasteiger partial charge in [0.05, 0.1) is 27.4 Å². The number of hydrogen-bond acceptors (Lipinski definition) is 1. The Labute approximate surface area is 115 Å². The van der Waals surface area contributed by atoms with Crippen LogP contribution in [-0.2, 0) is 6.54 Å². The lowest BCUT2D eigenvalue weighted by Crippen LogP contribution is -2.10. The van der Waals surface area contributed by atoms with Gasteiger partial charge >= 0.3 is 0 Å². The summed E-state index contributed by atoms with van der Waals surface area (Å²) in [6.07, 6.45) is -2.53. The molecule has 0 aliphatic rings. The highest BCUT2D eigenvalue weighted by Gasteiger charge is 2.19. The molecule has 0 aliphatic heterocycles. The van der Waals surface area contributed by atoms with E-state index in [-0.39, 0.29) is 4.47 Å². The zero-order valence-corrected chi connectivity index (χ0v) is 11.6. The molecule has 1 atom stereocenters. The van der Waals surface area contributed by atoms with E-state index in [0.29, 0.717) is 16.9 Å². The van der Waals surface area contributed by atoms with E-state index in [9.17, 15) is 13.2 Å².